The number of esters is 1. The molecule has 1 atom stereocenters. The van der Waals surface area contributed by atoms with Gasteiger partial charge in [-0.3, -0.25) is 0 Å². The van der Waals surface area contributed by atoms with Crippen LogP contribution in [0.1, 0.15) is 34.3 Å². The van der Waals surface area contributed by atoms with Crippen LogP contribution in [0.25, 0.3) is 10.9 Å². The molecule has 11 heteroatoms. The van der Waals surface area contributed by atoms with Gasteiger partial charge in [0, 0.05) is 47.7 Å². The van der Waals surface area contributed by atoms with Crippen molar-refractivity contribution in [3.05, 3.63) is 71.5 Å². The van der Waals surface area contributed by atoms with Crippen LogP contribution in [-0.2, 0) is 14.6 Å². The van der Waals surface area contributed by atoms with Crippen LogP contribution in [0.15, 0.2) is 59.8 Å². The summed E-state index contributed by atoms with van der Waals surface area (Å²) >= 11 is 0. The highest BCUT2D eigenvalue weighted by Crippen LogP contribution is 2.27. The van der Waals surface area contributed by atoms with Crippen molar-refractivity contribution in [2.24, 2.45) is 0 Å². The molecule has 0 aliphatic carbocycles. The molecule has 0 fully saturated rings. The zero-order chi connectivity index (χ0) is 26.6. The summed E-state index contributed by atoms with van der Waals surface area (Å²) in [5.74, 6) is -0.394. The Morgan fingerprint density at radius 2 is 2.00 bits per heavy atom. The fourth-order valence-electron chi connectivity index (χ4n) is 4.13. The number of anilines is 3. The third-order valence-corrected chi connectivity index (χ3v) is 7.17. The van der Waals surface area contributed by atoms with Crippen LogP contribution >= 0.6 is 0 Å². The molecule has 194 valence electrons. The highest BCUT2D eigenvalue weighted by Gasteiger charge is 2.20. The number of carbonyl (C=O) groups is 1. The standard InChI is InChI=1S/C26H29N5O5S/c1-4-36-25(33)21-14-29-26(30-18-9-10-23(16(2)11-18)37(3,34)35)31-24(21)28-12-17(15-32)20-13-27-22-8-6-5-7-19(20)22/h5-11,13-14,17,27,32H,4,12,15H2,1-3H3,(H2,28,29,30,31). The second-order valence-corrected chi connectivity index (χ2v) is 10.6. The monoisotopic (exact) mass is 523 g/mol. The van der Waals surface area contributed by atoms with Gasteiger partial charge in [0.05, 0.1) is 18.1 Å². The average Bonchev–Trinajstić information content (AvgIpc) is 3.28. The van der Waals surface area contributed by atoms with E-state index in [-0.39, 0.29) is 41.4 Å². The first-order valence-electron chi connectivity index (χ1n) is 11.7. The van der Waals surface area contributed by atoms with E-state index in [0.29, 0.717) is 17.8 Å². The third-order valence-electron chi connectivity index (χ3n) is 5.91. The third kappa shape index (κ3) is 5.89. The molecule has 0 saturated carbocycles. The van der Waals surface area contributed by atoms with Crippen LogP contribution in [0.5, 0.6) is 0 Å². The fourth-order valence-corrected chi connectivity index (χ4v) is 5.09. The quantitative estimate of drug-likeness (QED) is 0.228. The van der Waals surface area contributed by atoms with Crippen molar-refractivity contribution in [1.29, 1.82) is 0 Å². The maximum Gasteiger partial charge on any atom is 0.343 e. The number of aromatic nitrogens is 3. The molecular weight excluding hydrogens is 494 g/mol. The molecule has 0 spiro atoms. The van der Waals surface area contributed by atoms with Crippen molar-refractivity contribution in [3.8, 4) is 0 Å². The Morgan fingerprint density at radius 3 is 2.70 bits per heavy atom. The van der Waals surface area contributed by atoms with Crippen molar-refractivity contribution in [2.75, 3.05) is 36.6 Å². The van der Waals surface area contributed by atoms with Gasteiger partial charge in [-0.25, -0.2) is 18.2 Å². The lowest BCUT2D eigenvalue weighted by molar-refractivity contribution is 0.0526. The van der Waals surface area contributed by atoms with Crippen LogP contribution in [-0.4, -0.2) is 60.5 Å². The van der Waals surface area contributed by atoms with Gasteiger partial charge in [-0.1, -0.05) is 18.2 Å². The summed E-state index contributed by atoms with van der Waals surface area (Å²) in [6, 6.07) is 12.7. The minimum atomic E-state index is -3.34. The van der Waals surface area contributed by atoms with E-state index in [1.165, 1.54) is 12.3 Å². The Hall–Kier alpha value is -3.96. The molecule has 0 radical (unpaired) electrons. The van der Waals surface area contributed by atoms with Crippen molar-refractivity contribution < 1.29 is 23.1 Å². The van der Waals surface area contributed by atoms with Crippen LogP contribution in [0.4, 0.5) is 17.5 Å². The van der Waals surface area contributed by atoms with E-state index in [1.54, 1.807) is 26.0 Å². The second-order valence-electron chi connectivity index (χ2n) is 8.60. The van der Waals surface area contributed by atoms with E-state index in [2.05, 4.69) is 25.6 Å². The maximum absolute atomic E-state index is 12.6. The predicted octanol–water partition coefficient (Wildman–Crippen LogP) is 3.78. The summed E-state index contributed by atoms with van der Waals surface area (Å²) in [4.78, 5) is 24.7. The van der Waals surface area contributed by atoms with E-state index in [1.807, 2.05) is 30.5 Å². The fraction of sp³-hybridized carbons (Fsp3) is 0.269. The number of aliphatic hydroxyl groups excluding tert-OH is 1. The normalized spacial score (nSPS) is 12.3. The second kappa shape index (κ2) is 11.0. The molecule has 2 heterocycles. The first-order chi connectivity index (χ1) is 17.7. The minimum absolute atomic E-state index is 0.119. The highest BCUT2D eigenvalue weighted by atomic mass is 32.2. The number of hydrogen-bond donors (Lipinski definition) is 4. The Labute approximate surface area is 215 Å². The van der Waals surface area contributed by atoms with Gasteiger partial charge in [-0.2, -0.15) is 4.98 Å². The predicted molar refractivity (Wildman–Crippen MR) is 142 cm³/mol. The molecule has 0 bridgehead atoms. The lowest BCUT2D eigenvalue weighted by atomic mass is 9.99. The summed E-state index contributed by atoms with van der Waals surface area (Å²) in [5.41, 5.74) is 3.24. The first kappa shape index (κ1) is 26.1. The van der Waals surface area contributed by atoms with Gasteiger partial charge >= 0.3 is 5.97 Å². The van der Waals surface area contributed by atoms with E-state index in [4.69, 9.17) is 4.74 Å². The molecule has 0 aliphatic heterocycles. The molecule has 10 nitrogen and oxygen atoms in total. The number of fused-ring (bicyclic) bond motifs is 1. The number of para-hydroxylation sites is 1. The highest BCUT2D eigenvalue weighted by molar-refractivity contribution is 7.90. The molecule has 0 saturated heterocycles. The molecule has 0 aliphatic rings. The maximum atomic E-state index is 12.6. The molecule has 2 aromatic carbocycles. The summed E-state index contributed by atoms with van der Waals surface area (Å²) in [6.07, 6.45) is 4.40. The Balaban J connectivity index is 1.60. The number of carbonyl (C=O) groups excluding carboxylic acids is 1. The van der Waals surface area contributed by atoms with E-state index in [9.17, 15) is 18.3 Å². The lowest BCUT2D eigenvalue weighted by Gasteiger charge is -2.17. The van der Waals surface area contributed by atoms with Gasteiger partial charge in [-0.05, 0) is 49.2 Å². The number of nitrogens with one attached hydrogen (secondary N) is 3. The first-order valence-corrected chi connectivity index (χ1v) is 13.6. The van der Waals surface area contributed by atoms with Crippen molar-refractivity contribution in [1.82, 2.24) is 15.0 Å². The van der Waals surface area contributed by atoms with Crippen LogP contribution in [0.3, 0.4) is 0 Å². The van der Waals surface area contributed by atoms with E-state index >= 15 is 0 Å². The van der Waals surface area contributed by atoms with Crippen LogP contribution in [0, 0.1) is 6.92 Å². The van der Waals surface area contributed by atoms with Gasteiger partial charge in [0.2, 0.25) is 5.95 Å². The number of nitrogens with zero attached hydrogens (tertiary/aromatic N) is 2. The smallest absolute Gasteiger partial charge is 0.343 e. The van der Waals surface area contributed by atoms with Crippen molar-refractivity contribution >= 4 is 44.2 Å². The molecule has 4 N–H and O–H groups in total. The van der Waals surface area contributed by atoms with E-state index < -0.39 is 15.8 Å². The number of aliphatic hydroxyl groups is 1. The summed E-state index contributed by atoms with van der Waals surface area (Å²) in [7, 11) is -3.34. The Morgan fingerprint density at radius 1 is 1.22 bits per heavy atom. The summed E-state index contributed by atoms with van der Waals surface area (Å²) in [6.45, 7) is 3.79. The van der Waals surface area contributed by atoms with Gasteiger partial charge in [0.15, 0.2) is 9.84 Å². The molecule has 37 heavy (non-hydrogen) atoms. The van der Waals surface area contributed by atoms with E-state index in [0.717, 1.165) is 22.7 Å². The number of rotatable bonds is 10. The van der Waals surface area contributed by atoms with Crippen molar-refractivity contribution in [3.63, 3.8) is 0 Å². The number of sulfone groups is 1. The molecule has 4 aromatic rings. The number of benzene rings is 2. The Bertz CT molecular complexity index is 1530. The van der Waals surface area contributed by atoms with Gasteiger partial charge in [0.1, 0.15) is 11.4 Å². The van der Waals surface area contributed by atoms with Gasteiger partial charge in [0.25, 0.3) is 0 Å². The topological polar surface area (TPSA) is 146 Å². The molecular formula is C26H29N5O5S. The largest absolute Gasteiger partial charge is 0.462 e. The molecule has 1 unspecified atom stereocenters. The van der Waals surface area contributed by atoms with Crippen molar-refractivity contribution in [2.45, 2.75) is 24.7 Å². The zero-order valence-electron chi connectivity index (χ0n) is 20.8. The number of H-pyrrole nitrogens is 1. The molecule has 4 rings (SSSR count). The average molecular weight is 524 g/mol. The number of aromatic amines is 1. The molecule has 2 aromatic heterocycles. The van der Waals surface area contributed by atoms with Gasteiger partial charge < -0.3 is 25.5 Å². The summed E-state index contributed by atoms with van der Waals surface area (Å²) < 4.78 is 29.0. The van der Waals surface area contributed by atoms with Gasteiger partial charge in [-0.15, -0.1) is 0 Å². The minimum Gasteiger partial charge on any atom is -0.462 e. The SMILES string of the molecule is CCOC(=O)c1cnc(Nc2ccc(S(C)(=O)=O)c(C)c2)nc1NCC(CO)c1c[nH]c2ccccc12. The number of aryl methyl sites for hydroxylation is 1. The van der Waals surface area contributed by atoms with Crippen LogP contribution < -0.4 is 10.6 Å². The van der Waals surface area contributed by atoms with Crippen LogP contribution in [0.2, 0.25) is 0 Å². The summed E-state index contributed by atoms with van der Waals surface area (Å²) in [5, 5.41) is 17.4. The number of hydrogen-bond acceptors (Lipinski definition) is 9. The molecule has 0 amide bonds. The number of ether oxygens (including phenoxy) is 1. The lowest BCUT2D eigenvalue weighted by Crippen LogP contribution is -2.19. The zero-order valence-corrected chi connectivity index (χ0v) is 21.6. The Kier molecular flexibility index (Phi) is 7.74.